The van der Waals surface area contributed by atoms with Gasteiger partial charge in [0.2, 0.25) is 11.7 Å². The van der Waals surface area contributed by atoms with Crippen LogP contribution in [0.15, 0.2) is 96.8 Å². The number of carbonyl (C=O) groups is 4. The van der Waals surface area contributed by atoms with Crippen molar-refractivity contribution in [2.24, 2.45) is 0 Å². The maximum atomic E-state index is 13.4. The van der Waals surface area contributed by atoms with E-state index in [1.807, 2.05) is 0 Å². The fraction of sp³-hybridized carbons (Fsp3) is 0.172. The number of ether oxygens (including phenoxy) is 3. The lowest BCUT2D eigenvalue weighted by molar-refractivity contribution is -0.124. The van der Waals surface area contributed by atoms with Gasteiger partial charge in [-0.2, -0.15) is 0 Å². The predicted molar refractivity (Wildman–Crippen MR) is 137 cm³/mol. The molecule has 2 heterocycles. The number of nitrogens with one attached hydrogen (secondary N) is 2. The van der Waals surface area contributed by atoms with Crippen LogP contribution >= 0.6 is 0 Å². The average Bonchev–Trinajstić information content (AvgIpc) is 3.26. The summed E-state index contributed by atoms with van der Waals surface area (Å²) in [7, 11) is 0. The number of rotatable bonds is 7. The number of ketones is 1. The quantitative estimate of drug-likeness (QED) is 0.460. The van der Waals surface area contributed by atoms with E-state index in [1.165, 1.54) is 6.08 Å². The van der Waals surface area contributed by atoms with Gasteiger partial charge < -0.3 is 24.8 Å². The van der Waals surface area contributed by atoms with Crippen molar-refractivity contribution in [3.63, 3.8) is 0 Å². The summed E-state index contributed by atoms with van der Waals surface area (Å²) in [5.74, 6) is -2.11. The first kappa shape index (κ1) is 24.8. The summed E-state index contributed by atoms with van der Waals surface area (Å²) < 4.78 is 16.9. The maximum Gasteiger partial charge on any atom is 0.338 e. The lowest BCUT2D eigenvalue weighted by Crippen LogP contribution is -2.34. The van der Waals surface area contributed by atoms with E-state index in [-0.39, 0.29) is 24.7 Å². The number of esters is 2. The van der Waals surface area contributed by atoms with E-state index in [1.54, 1.807) is 84.9 Å². The number of benzene rings is 3. The summed E-state index contributed by atoms with van der Waals surface area (Å²) in [5, 5.41) is 5.85. The Bertz CT molecular complexity index is 1390. The molecule has 0 fully saturated rings. The molecular formula is C29H24N2O7. The van der Waals surface area contributed by atoms with Gasteiger partial charge in [0, 0.05) is 6.08 Å². The Balaban J connectivity index is 1.34. The lowest BCUT2D eigenvalue weighted by atomic mass is 10.1. The molecule has 0 spiro atoms. The van der Waals surface area contributed by atoms with E-state index in [9.17, 15) is 19.2 Å². The summed E-state index contributed by atoms with van der Waals surface area (Å²) in [6.07, 6.45) is -0.699. The van der Waals surface area contributed by atoms with Crippen LogP contribution < -0.4 is 10.6 Å². The van der Waals surface area contributed by atoms with Crippen LogP contribution in [-0.4, -0.2) is 48.5 Å². The molecule has 1 unspecified atom stereocenters. The molecule has 2 aliphatic rings. The van der Waals surface area contributed by atoms with Crippen molar-refractivity contribution < 1.29 is 33.4 Å². The van der Waals surface area contributed by atoms with E-state index in [0.29, 0.717) is 22.5 Å². The van der Waals surface area contributed by atoms with Crippen molar-refractivity contribution in [3.8, 4) is 0 Å². The molecule has 0 radical (unpaired) electrons. The predicted octanol–water partition coefficient (Wildman–Crippen LogP) is 3.74. The number of hydrogen-bond acceptors (Lipinski definition) is 8. The minimum absolute atomic E-state index is 0.0821. The summed E-state index contributed by atoms with van der Waals surface area (Å²) in [4.78, 5) is 51.1. The van der Waals surface area contributed by atoms with Crippen LogP contribution in [0.1, 0.15) is 27.1 Å². The van der Waals surface area contributed by atoms with Gasteiger partial charge in [0.05, 0.1) is 28.9 Å². The number of hydrogen-bond donors (Lipinski definition) is 2. The summed E-state index contributed by atoms with van der Waals surface area (Å²) in [6, 6.07) is 22.9. The minimum Gasteiger partial charge on any atom is -0.479 e. The highest BCUT2D eigenvalue weighted by molar-refractivity contribution is 6.06. The van der Waals surface area contributed by atoms with Crippen molar-refractivity contribution in [1.82, 2.24) is 0 Å². The molecule has 3 aromatic rings. The monoisotopic (exact) mass is 512 g/mol. The van der Waals surface area contributed by atoms with Crippen LogP contribution in [-0.2, 0) is 23.8 Å². The van der Waals surface area contributed by atoms with Crippen LogP contribution in [0.4, 0.5) is 11.4 Å². The first-order chi connectivity index (χ1) is 18.5. The average molecular weight is 513 g/mol. The number of fused-ring (bicyclic) bond motifs is 1. The third kappa shape index (κ3) is 5.57. The zero-order valence-corrected chi connectivity index (χ0v) is 20.2. The molecule has 0 saturated carbocycles. The van der Waals surface area contributed by atoms with E-state index >= 15 is 0 Å². The molecule has 0 saturated heterocycles. The molecule has 0 bridgehead atoms. The van der Waals surface area contributed by atoms with E-state index < -0.39 is 36.0 Å². The highest BCUT2D eigenvalue weighted by Gasteiger charge is 2.39. The molecule has 5 rings (SSSR count). The molecule has 0 aromatic heterocycles. The second-order valence-electron chi connectivity index (χ2n) is 8.75. The van der Waals surface area contributed by atoms with Gasteiger partial charge in [-0.05, 0) is 36.4 Å². The number of para-hydroxylation sites is 2. The lowest BCUT2D eigenvalue weighted by Gasteiger charge is -2.20. The zero-order valence-electron chi connectivity index (χ0n) is 20.2. The first-order valence-corrected chi connectivity index (χ1v) is 12.0. The van der Waals surface area contributed by atoms with Crippen LogP contribution in [0.2, 0.25) is 0 Å². The second kappa shape index (κ2) is 11.0. The van der Waals surface area contributed by atoms with Crippen LogP contribution in [0.5, 0.6) is 0 Å². The number of amides is 1. The Morgan fingerprint density at radius 3 is 2.11 bits per heavy atom. The van der Waals surface area contributed by atoms with Gasteiger partial charge in [-0.25, -0.2) is 9.59 Å². The van der Waals surface area contributed by atoms with Gasteiger partial charge in [0.25, 0.3) is 0 Å². The molecular weight excluding hydrogens is 488 g/mol. The van der Waals surface area contributed by atoms with Crippen molar-refractivity contribution in [2.75, 3.05) is 17.2 Å². The molecule has 3 atom stereocenters. The molecule has 38 heavy (non-hydrogen) atoms. The smallest absolute Gasteiger partial charge is 0.338 e. The Morgan fingerprint density at radius 1 is 0.816 bits per heavy atom. The molecule has 9 nitrogen and oxygen atoms in total. The summed E-state index contributed by atoms with van der Waals surface area (Å²) in [6.45, 7) is -0.269. The standard InChI is InChI=1S/C29H24N2O7/c32-26-15-22(30-20-13-7-8-14-21(20)31-26)27(33)24-16-23(38-29(35)19-11-5-2-6-12-19)25(37-24)17-36-28(34)18-9-3-1-4-10-18/h1-14,16,22-23,25,30H,15,17H2,(H,31,32)/t22?,23-,25+/m0/s1. The Labute approximate surface area is 218 Å². The molecule has 192 valence electrons. The Morgan fingerprint density at radius 2 is 1.42 bits per heavy atom. The molecule has 1 amide bonds. The third-order valence-electron chi connectivity index (χ3n) is 6.08. The molecule has 2 N–H and O–H groups in total. The summed E-state index contributed by atoms with van der Waals surface area (Å²) in [5.41, 5.74) is 1.82. The SMILES string of the molecule is O=C1CC(C(=O)C2=C[C@H](OC(=O)c3ccccc3)[C@@H](COC(=O)c3ccccc3)O2)Nc2ccccc2N1. The van der Waals surface area contributed by atoms with Crippen LogP contribution in [0.3, 0.4) is 0 Å². The van der Waals surface area contributed by atoms with Gasteiger partial charge in [0.15, 0.2) is 18.0 Å². The van der Waals surface area contributed by atoms with Gasteiger partial charge >= 0.3 is 11.9 Å². The number of Topliss-reactive ketones (excluding diaryl/α,β-unsaturated/α-hetero) is 1. The van der Waals surface area contributed by atoms with Crippen molar-refractivity contribution in [1.29, 1.82) is 0 Å². The first-order valence-electron chi connectivity index (χ1n) is 12.0. The largest absolute Gasteiger partial charge is 0.479 e. The van der Waals surface area contributed by atoms with Crippen LogP contribution in [0, 0.1) is 0 Å². The van der Waals surface area contributed by atoms with Gasteiger partial charge in [0.1, 0.15) is 12.6 Å². The van der Waals surface area contributed by atoms with Crippen LogP contribution in [0.25, 0.3) is 0 Å². The third-order valence-corrected chi connectivity index (χ3v) is 6.08. The molecule has 9 heteroatoms. The minimum atomic E-state index is -1.00. The van der Waals surface area contributed by atoms with Crippen molar-refractivity contribution >= 4 is 35.0 Å². The van der Waals surface area contributed by atoms with E-state index in [2.05, 4.69) is 10.6 Å². The van der Waals surface area contributed by atoms with E-state index in [4.69, 9.17) is 14.2 Å². The maximum absolute atomic E-state index is 13.4. The van der Waals surface area contributed by atoms with Gasteiger partial charge in [-0.1, -0.05) is 48.5 Å². The molecule has 3 aromatic carbocycles. The van der Waals surface area contributed by atoms with Gasteiger partial charge in [-0.3, -0.25) is 9.59 Å². The molecule has 0 aliphatic carbocycles. The van der Waals surface area contributed by atoms with Crippen molar-refractivity contribution in [2.45, 2.75) is 24.7 Å². The number of carbonyl (C=O) groups excluding carboxylic acids is 4. The second-order valence-corrected chi connectivity index (χ2v) is 8.75. The zero-order chi connectivity index (χ0) is 26.5. The van der Waals surface area contributed by atoms with Gasteiger partial charge in [-0.15, -0.1) is 0 Å². The molecule has 2 aliphatic heterocycles. The Kier molecular flexibility index (Phi) is 7.17. The Hall–Kier alpha value is -4.92. The number of anilines is 2. The normalized spacial score (nSPS) is 19.9. The topological polar surface area (TPSA) is 120 Å². The van der Waals surface area contributed by atoms with Crippen molar-refractivity contribution in [3.05, 3.63) is 108 Å². The highest BCUT2D eigenvalue weighted by atomic mass is 16.6. The fourth-order valence-corrected chi connectivity index (χ4v) is 4.16. The summed E-state index contributed by atoms with van der Waals surface area (Å²) >= 11 is 0. The van der Waals surface area contributed by atoms with E-state index in [0.717, 1.165) is 0 Å². The highest BCUT2D eigenvalue weighted by Crippen LogP contribution is 2.29. The fourth-order valence-electron chi connectivity index (χ4n) is 4.16.